The molecular formula is C14H23N5O. The summed E-state index contributed by atoms with van der Waals surface area (Å²) >= 11 is 0. The minimum Gasteiger partial charge on any atom is -0.475 e. The molecule has 0 amide bonds. The molecule has 6 heteroatoms. The van der Waals surface area contributed by atoms with Crippen molar-refractivity contribution in [3.63, 3.8) is 0 Å². The fourth-order valence-electron chi connectivity index (χ4n) is 2.46. The maximum Gasteiger partial charge on any atom is 0.244 e. The molecule has 0 saturated carbocycles. The molecule has 1 aliphatic rings. The van der Waals surface area contributed by atoms with Gasteiger partial charge in [-0.1, -0.05) is 6.42 Å². The summed E-state index contributed by atoms with van der Waals surface area (Å²) in [5, 5.41) is 15.7. The first-order chi connectivity index (χ1) is 9.59. The minimum absolute atomic E-state index is 0.0199. The topological polar surface area (TPSA) is 88.1 Å². The molecule has 0 unspecified atom stereocenters. The van der Waals surface area contributed by atoms with Gasteiger partial charge in [0, 0.05) is 6.54 Å². The first-order valence-electron chi connectivity index (χ1n) is 7.13. The number of likely N-dealkylation sites (tertiary alicyclic amines) is 1. The highest BCUT2D eigenvalue weighted by Gasteiger charge is 2.16. The van der Waals surface area contributed by atoms with Crippen molar-refractivity contribution in [2.24, 2.45) is 5.73 Å². The van der Waals surface area contributed by atoms with E-state index in [4.69, 9.17) is 15.9 Å². The van der Waals surface area contributed by atoms with Crippen LogP contribution < -0.4 is 10.5 Å². The van der Waals surface area contributed by atoms with Gasteiger partial charge in [0.25, 0.3) is 0 Å². The average molecular weight is 277 g/mol. The van der Waals surface area contributed by atoms with Gasteiger partial charge in [0.15, 0.2) is 0 Å². The van der Waals surface area contributed by atoms with Gasteiger partial charge in [0.2, 0.25) is 5.88 Å². The summed E-state index contributed by atoms with van der Waals surface area (Å²) in [6, 6.07) is 0. The lowest BCUT2D eigenvalue weighted by atomic mass is 10.1. The molecular weight excluding hydrogens is 254 g/mol. The van der Waals surface area contributed by atoms with E-state index >= 15 is 0 Å². The van der Waals surface area contributed by atoms with Crippen LogP contribution in [0.5, 0.6) is 5.88 Å². The Morgan fingerprint density at radius 1 is 1.25 bits per heavy atom. The van der Waals surface area contributed by atoms with E-state index in [1.165, 1.54) is 19.3 Å². The van der Waals surface area contributed by atoms with Crippen molar-refractivity contribution in [2.75, 3.05) is 26.2 Å². The lowest BCUT2D eigenvalue weighted by molar-refractivity contribution is 0.179. The zero-order chi connectivity index (χ0) is 14.5. The molecule has 1 aromatic rings. The molecule has 1 aromatic heterocycles. The van der Waals surface area contributed by atoms with Crippen molar-refractivity contribution >= 4 is 5.84 Å². The van der Waals surface area contributed by atoms with Crippen LogP contribution in [0.25, 0.3) is 0 Å². The Bertz CT molecular complexity index is 483. The van der Waals surface area contributed by atoms with Gasteiger partial charge in [-0.25, -0.2) is 0 Å². The van der Waals surface area contributed by atoms with Gasteiger partial charge in [-0.3, -0.25) is 10.3 Å². The molecule has 0 bridgehead atoms. The second-order valence-corrected chi connectivity index (χ2v) is 5.26. The smallest absolute Gasteiger partial charge is 0.244 e. The molecule has 20 heavy (non-hydrogen) atoms. The van der Waals surface area contributed by atoms with E-state index in [2.05, 4.69) is 15.1 Å². The van der Waals surface area contributed by atoms with Crippen LogP contribution in [-0.2, 0) is 0 Å². The number of aromatic nitrogens is 2. The lowest BCUT2D eigenvalue weighted by Crippen LogP contribution is -2.33. The molecule has 0 spiro atoms. The first kappa shape index (κ1) is 14.7. The van der Waals surface area contributed by atoms with Gasteiger partial charge in [-0.15, -0.1) is 5.10 Å². The predicted octanol–water partition coefficient (Wildman–Crippen LogP) is 1.24. The van der Waals surface area contributed by atoms with Crippen LogP contribution in [0.3, 0.4) is 0 Å². The van der Waals surface area contributed by atoms with Crippen LogP contribution in [0.2, 0.25) is 0 Å². The van der Waals surface area contributed by atoms with Crippen molar-refractivity contribution in [1.82, 2.24) is 15.1 Å². The molecule has 0 atom stereocenters. The van der Waals surface area contributed by atoms with Gasteiger partial charge >= 0.3 is 0 Å². The maximum atomic E-state index is 7.66. The summed E-state index contributed by atoms with van der Waals surface area (Å²) in [6.07, 6.45) is 3.86. The highest BCUT2D eigenvalue weighted by molar-refractivity contribution is 5.98. The van der Waals surface area contributed by atoms with E-state index in [1.807, 2.05) is 13.8 Å². The number of piperidine rings is 1. The van der Waals surface area contributed by atoms with Crippen LogP contribution >= 0.6 is 0 Å². The molecule has 1 fully saturated rings. The standard InChI is InChI=1S/C14H23N5O/c1-10-11(2)17-18-14(12(10)13(15)16)20-9-8-19-6-4-3-5-7-19/h3-9H2,1-2H3,(H3,15,16). The number of nitrogens with one attached hydrogen (secondary N) is 1. The van der Waals surface area contributed by atoms with Gasteiger partial charge in [0.1, 0.15) is 12.4 Å². The Labute approximate surface area is 119 Å². The summed E-state index contributed by atoms with van der Waals surface area (Å²) in [4.78, 5) is 2.39. The number of nitrogen functional groups attached to an aromatic ring is 1. The Hall–Kier alpha value is -1.69. The number of ether oxygens (including phenoxy) is 1. The summed E-state index contributed by atoms with van der Waals surface area (Å²) in [5.41, 5.74) is 7.83. The normalized spacial score (nSPS) is 16.1. The van der Waals surface area contributed by atoms with E-state index in [0.717, 1.165) is 30.9 Å². The SMILES string of the molecule is Cc1nnc(OCCN2CCCCC2)c(C(=N)N)c1C. The van der Waals surface area contributed by atoms with E-state index in [1.54, 1.807) is 0 Å². The largest absolute Gasteiger partial charge is 0.475 e. The molecule has 0 aliphatic carbocycles. The second-order valence-electron chi connectivity index (χ2n) is 5.26. The molecule has 6 nitrogen and oxygen atoms in total. The van der Waals surface area contributed by atoms with Crippen LogP contribution in [0.4, 0.5) is 0 Å². The number of rotatable bonds is 5. The van der Waals surface area contributed by atoms with Crippen molar-refractivity contribution in [3.05, 3.63) is 16.8 Å². The number of hydrogen-bond donors (Lipinski definition) is 2. The van der Waals surface area contributed by atoms with Crippen molar-refractivity contribution in [1.29, 1.82) is 5.41 Å². The summed E-state index contributed by atoms with van der Waals surface area (Å²) in [5.74, 6) is 0.353. The molecule has 2 heterocycles. The third-order valence-corrected chi connectivity index (χ3v) is 3.79. The Morgan fingerprint density at radius 2 is 1.95 bits per heavy atom. The van der Waals surface area contributed by atoms with E-state index in [9.17, 15) is 0 Å². The summed E-state index contributed by atoms with van der Waals surface area (Å²) < 4.78 is 5.70. The summed E-state index contributed by atoms with van der Waals surface area (Å²) in [7, 11) is 0. The fourth-order valence-corrected chi connectivity index (χ4v) is 2.46. The number of hydrogen-bond acceptors (Lipinski definition) is 5. The molecule has 0 radical (unpaired) electrons. The van der Waals surface area contributed by atoms with E-state index in [-0.39, 0.29) is 5.84 Å². The fraction of sp³-hybridized carbons (Fsp3) is 0.643. The number of nitrogens with zero attached hydrogens (tertiary/aromatic N) is 3. The Morgan fingerprint density at radius 3 is 2.60 bits per heavy atom. The maximum absolute atomic E-state index is 7.66. The Kier molecular flexibility index (Phi) is 4.89. The van der Waals surface area contributed by atoms with Gasteiger partial charge in [-0.05, 0) is 45.3 Å². The number of nitrogens with two attached hydrogens (primary N) is 1. The highest BCUT2D eigenvalue weighted by atomic mass is 16.5. The quantitative estimate of drug-likeness (QED) is 0.624. The molecule has 3 N–H and O–H groups in total. The molecule has 1 saturated heterocycles. The molecule has 2 rings (SSSR count). The molecule has 0 aromatic carbocycles. The van der Waals surface area contributed by atoms with E-state index < -0.39 is 0 Å². The predicted molar refractivity (Wildman–Crippen MR) is 78.3 cm³/mol. The third-order valence-electron chi connectivity index (χ3n) is 3.79. The number of aryl methyl sites for hydroxylation is 1. The second kappa shape index (κ2) is 6.65. The highest BCUT2D eigenvalue weighted by Crippen LogP contribution is 2.19. The van der Waals surface area contributed by atoms with Crippen LogP contribution in [0, 0.1) is 19.3 Å². The first-order valence-corrected chi connectivity index (χ1v) is 7.13. The lowest BCUT2D eigenvalue weighted by Gasteiger charge is -2.26. The molecule has 110 valence electrons. The van der Waals surface area contributed by atoms with Gasteiger partial charge in [0.05, 0.1) is 11.3 Å². The molecule has 1 aliphatic heterocycles. The van der Waals surface area contributed by atoms with Gasteiger partial charge < -0.3 is 10.5 Å². The van der Waals surface area contributed by atoms with Crippen LogP contribution in [0.1, 0.15) is 36.1 Å². The Balaban J connectivity index is 1.98. The monoisotopic (exact) mass is 277 g/mol. The average Bonchev–Trinajstić information content (AvgIpc) is 2.43. The third kappa shape index (κ3) is 3.45. The zero-order valence-corrected chi connectivity index (χ0v) is 12.3. The van der Waals surface area contributed by atoms with Gasteiger partial charge in [-0.2, -0.15) is 5.10 Å². The zero-order valence-electron chi connectivity index (χ0n) is 12.3. The van der Waals surface area contributed by atoms with Crippen molar-refractivity contribution in [2.45, 2.75) is 33.1 Å². The van der Waals surface area contributed by atoms with Crippen molar-refractivity contribution in [3.8, 4) is 5.88 Å². The van der Waals surface area contributed by atoms with Crippen LogP contribution in [-0.4, -0.2) is 47.2 Å². The number of amidine groups is 1. The van der Waals surface area contributed by atoms with Crippen molar-refractivity contribution < 1.29 is 4.74 Å². The summed E-state index contributed by atoms with van der Waals surface area (Å²) in [6.45, 7) is 7.46. The van der Waals surface area contributed by atoms with E-state index in [0.29, 0.717) is 18.1 Å². The minimum atomic E-state index is -0.0199. The van der Waals surface area contributed by atoms with Crippen LogP contribution in [0.15, 0.2) is 0 Å².